The maximum Gasteiger partial charge on any atom is 0.123 e. The minimum absolute atomic E-state index is 0.199. The average molecular weight is 352 g/mol. The Morgan fingerprint density at radius 1 is 1.22 bits per heavy atom. The second-order valence-corrected chi connectivity index (χ2v) is 7.91. The van der Waals surface area contributed by atoms with E-state index in [1.165, 1.54) is 23.4 Å². The van der Waals surface area contributed by atoms with E-state index in [1.807, 2.05) is 24.4 Å². The molecule has 0 bridgehead atoms. The lowest BCUT2D eigenvalue weighted by atomic mass is 10.0. The zero-order valence-electron chi connectivity index (χ0n) is 13.2. The van der Waals surface area contributed by atoms with Gasteiger partial charge in [-0.1, -0.05) is 55.3 Å². The van der Waals surface area contributed by atoms with E-state index in [0.717, 1.165) is 18.4 Å². The summed E-state index contributed by atoms with van der Waals surface area (Å²) in [5, 5.41) is 0. The summed E-state index contributed by atoms with van der Waals surface area (Å²) in [5.41, 5.74) is 3.84. The Morgan fingerprint density at radius 3 is 2.57 bits per heavy atom. The van der Waals surface area contributed by atoms with Crippen molar-refractivity contribution in [2.24, 2.45) is 17.3 Å². The molecule has 1 aromatic carbocycles. The minimum Gasteiger partial charge on any atom is -0.365 e. The predicted molar refractivity (Wildman–Crippen MR) is 94.3 cm³/mol. The third-order valence-electron chi connectivity index (χ3n) is 5.11. The lowest BCUT2D eigenvalue weighted by Crippen LogP contribution is -1.99. The van der Waals surface area contributed by atoms with Gasteiger partial charge in [0.1, 0.15) is 10.3 Å². The van der Waals surface area contributed by atoms with Crippen LogP contribution in [0, 0.1) is 23.1 Å². The van der Waals surface area contributed by atoms with E-state index in [9.17, 15) is 4.39 Å². The zero-order valence-corrected chi connectivity index (χ0v) is 14.8. The largest absolute Gasteiger partial charge is 0.365 e. The fourth-order valence-electron chi connectivity index (χ4n) is 3.48. The van der Waals surface area contributed by atoms with Crippen molar-refractivity contribution in [3.05, 3.63) is 69.7 Å². The molecule has 0 saturated heterocycles. The van der Waals surface area contributed by atoms with E-state index in [0.29, 0.717) is 16.3 Å². The van der Waals surface area contributed by atoms with Gasteiger partial charge in [-0.05, 0) is 59.4 Å². The van der Waals surface area contributed by atoms with Crippen molar-refractivity contribution in [3.8, 4) is 0 Å². The molecule has 1 aromatic heterocycles. The summed E-state index contributed by atoms with van der Waals surface area (Å²) >= 11 is 11.7. The number of benzene rings is 1. The first kappa shape index (κ1) is 16.6. The number of aromatic nitrogens is 1. The fraction of sp³-hybridized carbons (Fsp3) is 0.368. The Kier molecular flexibility index (Phi) is 4.57. The number of allylic oxidation sites excluding steroid dienone is 1. The molecule has 1 saturated carbocycles. The van der Waals surface area contributed by atoms with Crippen LogP contribution in [0.3, 0.4) is 0 Å². The van der Waals surface area contributed by atoms with Gasteiger partial charge in [0.25, 0.3) is 0 Å². The van der Waals surface area contributed by atoms with Crippen molar-refractivity contribution < 1.29 is 4.39 Å². The van der Waals surface area contributed by atoms with E-state index in [1.54, 1.807) is 0 Å². The number of nitrogens with one attached hydrogen (secondary N) is 1. The molecule has 0 amide bonds. The van der Waals surface area contributed by atoms with E-state index in [4.69, 9.17) is 23.2 Å². The molecule has 0 spiro atoms. The topological polar surface area (TPSA) is 15.8 Å². The van der Waals surface area contributed by atoms with Gasteiger partial charge in [0.2, 0.25) is 0 Å². The number of H-pyrrole nitrogens is 1. The first-order chi connectivity index (χ1) is 10.9. The standard InChI is InChI=1S/C19H20Cl2FN/c1-19(2)15(16(19)11-18(20)21)10-17-13(7-8-23-17)9-12-3-5-14(22)6-4-12/h3-8,11,15-16,23H,9-10H2,1-2H3. The Balaban J connectivity index is 1.72. The number of aromatic amines is 1. The van der Waals surface area contributed by atoms with Gasteiger partial charge in [-0.25, -0.2) is 4.39 Å². The zero-order chi connectivity index (χ0) is 16.6. The number of hydrogen-bond acceptors (Lipinski definition) is 0. The second kappa shape index (κ2) is 6.33. The summed E-state index contributed by atoms with van der Waals surface area (Å²) in [6.07, 6.45) is 5.71. The summed E-state index contributed by atoms with van der Waals surface area (Å²) in [6, 6.07) is 8.80. The number of hydrogen-bond donors (Lipinski definition) is 1. The van der Waals surface area contributed by atoms with Gasteiger partial charge in [0.05, 0.1) is 0 Å². The molecule has 1 aliphatic rings. The molecule has 0 radical (unpaired) electrons. The monoisotopic (exact) mass is 351 g/mol. The van der Waals surface area contributed by atoms with Crippen LogP contribution < -0.4 is 0 Å². The summed E-state index contributed by atoms with van der Waals surface area (Å²) in [5.74, 6) is 0.741. The van der Waals surface area contributed by atoms with Crippen molar-refractivity contribution in [2.75, 3.05) is 0 Å². The molecule has 2 aromatic rings. The minimum atomic E-state index is -0.199. The number of rotatable bonds is 5. The van der Waals surface area contributed by atoms with Crippen LogP contribution in [-0.2, 0) is 12.8 Å². The summed E-state index contributed by atoms with van der Waals surface area (Å²) < 4.78 is 13.4. The molecule has 1 heterocycles. The highest BCUT2D eigenvalue weighted by Crippen LogP contribution is 2.61. The van der Waals surface area contributed by atoms with Gasteiger partial charge < -0.3 is 4.98 Å². The molecule has 3 rings (SSSR count). The maximum absolute atomic E-state index is 13.0. The van der Waals surface area contributed by atoms with Crippen molar-refractivity contribution in [3.63, 3.8) is 0 Å². The molecule has 122 valence electrons. The summed E-state index contributed by atoms with van der Waals surface area (Å²) in [4.78, 5) is 3.36. The molecule has 1 nitrogen and oxygen atoms in total. The van der Waals surface area contributed by atoms with Gasteiger partial charge in [-0.15, -0.1) is 0 Å². The normalized spacial score (nSPS) is 22.0. The van der Waals surface area contributed by atoms with Crippen molar-refractivity contribution in [1.82, 2.24) is 4.98 Å². The highest BCUT2D eigenvalue weighted by molar-refractivity contribution is 6.55. The first-order valence-corrected chi connectivity index (χ1v) is 8.56. The van der Waals surface area contributed by atoms with E-state index in [-0.39, 0.29) is 11.2 Å². The average Bonchev–Trinajstić information content (AvgIpc) is 2.83. The van der Waals surface area contributed by atoms with Crippen LogP contribution in [0.15, 0.2) is 47.1 Å². The Bertz CT molecular complexity index is 711. The molecule has 23 heavy (non-hydrogen) atoms. The van der Waals surface area contributed by atoms with Crippen LogP contribution in [0.2, 0.25) is 0 Å². The molecule has 1 N–H and O–H groups in total. The maximum atomic E-state index is 13.0. The smallest absolute Gasteiger partial charge is 0.123 e. The van der Waals surface area contributed by atoms with E-state index >= 15 is 0 Å². The first-order valence-electron chi connectivity index (χ1n) is 7.80. The van der Waals surface area contributed by atoms with Gasteiger partial charge in [0.15, 0.2) is 0 Å². The molecule has 4 heteroatoms. The molecule has 2 unspecified atom stereocenters. The third-order valence-corrected chi connectivity index (χ3v) is 5.36. The Labute approximate surface area is 146 Å². The summed E-state index contributed by atoms with van der Waals surface area (Å²) in [7, 11) is 0. The highest BCUT2D eigenvalue weighted by Gasteiger charge is 2.56. The van der Waals surface area contributed by atoms with E-state index < -0.39 is 0 Å². The summed E-state index contributed by atoms with van der Waals surface area (Å²) in [6.45, 7) is 4.50. The van der Waals surface area contributed by atoms with Gasteiger partial charge in [-0.3, -0.25) is 0 Å². The van der Waals surface area contributed by atoms with Crippen LogP contribution in [0.25, 0.3) is 0 Å². The quantitative estimate of drug-likeness (QED) is 0.692. The molecular weight excluding hydrogens is 332 g/mol. The van der Waals surface area contributed by atoms with Gasteiger partial charge in [0, 0.05) is 11.9 Å². The molecule has 2 atom stereocenters. The predicted octanol–water partition coefficient (Wildman–Crippen LogP) is 5.88. The SMILES string of the molecule is CC1(C)C(C=C(Cl)Cl)C1Cc1[nH]ccc1Cc1ccc(F)cc1. The van der Waals surface area contributed by atoms with Crippen LogP contribution in [-0.4, -0.2) is 4.98 Å². The van der Waals surface area contributed by atoms with Crippen molar-refractivity contribution in [1.29, 1.82) is 0 Å². The Hall–Kier alpha value is -1.25. The van der Waals surface area contributed by atoms with Gasteiger partial charge >= 0.3 is 0 Å². The molecule has 0 aliphatic heterocycles. The lowest BCUT2D eigenvalue weighted by Gasteiger charge is -2.06. The van der Waals surface area contributed by atoms with Crippen LogP contribution in [0.1, 0.15) is 30.7 Å². The second-order valence-electron chi connectivity index (χ2n) is 6.90. The molecular formula is C19H20Cl2FN. The van der Waals surface area contributed by atoms with Crippen LogP contribution in [0.5, 0.6) is 0 Å². The number of halogens is 3. The van der Waals surface area contributed by atoms with Crippen molar-refractivity contribution in [2.45, 2.75) is 26.7 Å². The van der Waals surface area contributed by atoms with Crippen LogP contribution in [0.4, 0.5) is 4.39 Å². The third kappa shape index (κ3) is 3.64. The van der Waals surface area contributed by atoms with E-state index in [2.05, 4.69) is 24.9 Å². The lowest BCUT2D eigenvalue weighted by molar-refractivity contribution is 0.546. The molecule has 1 fully saturated rings. The van der Waals surface area contributed by atoms with Crippen LogP contribution >= 0.6 is 23.2 Å². The molecule has 1 aliphatic carbocycles. The van der Waals surface area contributed by atoms with Gasteiger partial charge in [-0.2, -0.15) is 0 Å². The highest BCUT2D eigenvalue weighted by atomic mass is 35.5. The van der Waals surface area contributed by atoms with Crippen molar-refractivity contribution >= 4 is 23.2 Å². The Morgan fingerprint density at radius 2 is 1.91 bits per heavy atom. The fourth-order valence-corrected chi connectivity index (χ4v) is 3.75.